The van der Waals surface area contributed by atoms with Crippen molar-refractivity contribution in [3.63, 3.8) is 0 Å². The van der Waals surface area contributed by atoms with Crippen LogP contribution in [0.1, 0.15) is 111 Å². The summed E-state index contributed by atoms with van der Waals surface area (Å²) in [7, 11) is 3.28. The summed E-state index contributed by atoms with van der Waals surface area (Å²) in [5.41, 5.74) is 17.3. The van der Waals surface area contributed by atoms with Gasteiger partial charge in [0.05, 0.1) is 64.5 Å². The van der Waals surface area contributed by atoms with E-state index in [1.54, 1.807) is 20.3 Å². The third kappa shape index (κ3) is 13.8. The topological polar surface area (TPSA) is 297 Å². The van der Waals surface area contributed by atoms with Gasteiger partial charge in [0.15, 0.2) is 23.0 Å². The van der Waals surface area contributed by atoms with Crippen molar-refractivity contribution < 1.29 is 61.3 Å². The van der Waals surface area contributed by atoms with Crippen LogP contribution in [0, 0.1) is 41.5 Å². The molecule has 0 unspecified atom stereocenters. The number of nitrogens with one attached hydrogen (secondary N) is 3. The van der Waals surface area contributed by atoms with E-state index >= 15 is 0 Å². The van der Waals surface area contributed by atoms with Gasteiger partial charge < -0.3 is 82.5 Å². The Morgan fingerprint density at radius 1 is 0.545 bits per heavy atom. The number of aromatic nitrogens is 8. The second kappa shape index (κ2) is 30.0. The van der Waals surface area contributed by atoms with E-state index in [0.29, 0.717) is 136 Å². The maximum Gasteiger partial charge on any atom is 0.298 e. The van der Waals surface area contributed by atoms with Crippen molar-refractivity contribution in [2.45, 2.75) is 132 Å². The zero-order valence-corrected chi connectivity index (χ0v) is 56.1. The van der Waals surface area contributed by atoms with E-state index in [-0.39, 0.29) is 32.6 Å². The highest BCUT2D eigenvalue weighted by Gasteiger charge is 2.33. The van der Waals surface area contributed by atoms with E-state index in [1.165, 1.54) is 38.8 Å². The number of carbonyl (C=O) groups excluding carboxylic acids is 2. The summed E-state index contributed by atoms with van der Waals surface area (Å²) in [4.78, 5) is 55.9. The van der Waals surface area contributed by atoms with Gasteiger partial charge in [-0.3, -0.25) is 9.59 Å². The Hall–Kier alpha value is -9.40. The van der Waals surface area contributed by atoms with Crippen LogP contribution in [0.2, 0.25) is 0 Å². The number of carbonyl (C=O) groups is 2. The van der Waals surface area contributed by atoms with E-state index in [1.807, 2.05) is 84.0 Å². The Labute approximate surface area is 575 Å². The molecule has 0 spiro atoms. The van der Waals surface area contributed by atoms with E-state index in [4.69, 9.17) is 72.4 Å². The van der Waals surface area contributed by atoms with E-state index < -0.39 is 0 Å². The van der Waals surface area contributed by atoms with Crippen LogP contribution >= 0.6 is 0 Å². The standard InChI is InChI=1S/C36H40N6O6.C26H22N4O6.C10H20N2O.2CH4/c1-19-30(20(2)48-41-19)27-17-28-26(18-29(27)44-4)31-32(37-21(3)38-35(31)40-28)24-5-6-25(34-33(24)46-15-16-47-34)36(43)39-22-7-11-42(12-8-22)23-9-13-45-14-10-23;1-12-21(13(2)36-30-12)17-9-18-16(10-20(17)32-4)22-23(27-14(3)28-26(22)29-18)15-5-6-19(35-11-31)25-24(15)33-7-8-34-25;11-9-1-5-12(6-2-9)10-3-7-13-8-4-10;;/h5-6,17-18,22-23H,7-16H2,1-4H3,(H,39,43)(H,37,38,40);5-6,9-11H,7-8H2,1-4H3,(H,27,28,29);9-10H,1-8,11H2;2*1H4. The van der Waals surface area contributed by atoms with Gasteiger partial charge >= 0.3 is 0 Å². The number of aromatic amines is 2. The Bertz CT molecular complexity index is 4530. The molecule has 12 heterocycles. The third-order valence-electron chi connectivity index (χ3n) is 19.5. The number of hydrogen-bond donors (Lipinski definition) is 4. The van der Waals surface area contributed by atoms with Gasteiger partial charge in [-0.2, -0.15) is 0 Å². The van der Waals surface area contributed by atoms with Crippen molar-refractivity contribution in [1.29, 1.82) is 0 Å². The van der Waals surface area contributed by atoms with Crippen molar-refractivity contribution in [2.75, 3.05) is 93.3 Å². The van der Waals surface area contributed by atoms with Crippen LogP contribution in [0.15, 0.2) is 57.6 Å². The summed E-state index contributed by atoms with van der Waals surface area (Å²) < 4.78 is 62.7. The number of amides is 1. The molecule has 25 nitrogen and oxygen atoms in total. The monoisotopic (exact) mass is 1350 g/mol. The van der Waals surface area contributed by atoms with Gasteiger partial charge in [0.2, 0.25) is 5.75 Å². The molecule has 0 radical (unpaired) electrons. The van der Waals surface area contributed by atoms with Crippen LogP contribution in [0.4, 0.5) is 0 Å². The molecule has 4 saturated heterocycles. The molecule has 4 aromatic carbocycles. The van der Waals surface area contributed by atoms with Gasteiger partial charge in [-0.1, -0.05) is 25.2 Å². The zero-order chi connectivity index (χ0) is 67.0. The number of ether oxygens (including phenoxy) is 9. The number of rotatable bonds is 12. The van der Waals surface area contributed by atoms with E-state index in [0.717, 1.165) is 143 Å². The van der Waals surface area contributed by atoms with Crippen molar-refractivity contribution >= 4 is 56.3 Å². The van der Waals surface area contributed by atoms with E-state index in [2.05, 4.69) is 40.4 Å². The maximum absolute atomic E-state index is 13.7. The van der Waals surface area contributed by atoms with Crippen LogP contribution in [0.5, 0.6) is 40.2 Å². The fourth-order valence-corrected chi connectivity index (χ4v) is 14.7. The van der Waals surface area contributed by atoms with Crippen molar-refractivity contribution in [3.05, 3.63) is 88.7 Å². The molecule has 0 atom stereocenters. The SMILES string of the molecule is C.C.COc1cc2c(cc1-c1c(C)noc1C)[nH]c1nc(C)nc(-c3ccc(C(=O)NC4CCN(C5CCOCC5)CC4)c4c3OCCO4)c12.COc1cc2c(cc1-c1c(C)noc1C)[nH]c1nc(C)nc(-c3ccc(OC=O)c4c3OCCO4)c12.NC1CCN(C2CCOCC2)CC1. The molecule has 0 saturated carbocycles. The summed E-state index contributed by atoms with van der Waals surface area (Å²) in [6, 6.07) is 17.1. The van der Waals surface area contributed by atoms with Crippen LogP contribution in [-0.4, -0.2) is 180 Å². The Kier molecular flexibility index (Phi) is 21.0. The molecule has 6 aliphatic rings. The van der Waals surface area contributed by atoms with Crippen LogP contribution in [0.25, 0.3) is 88.6 Å². The summed E-state index contributed by atoms with van der Waals surface area (Å²) >= 11 is 0. The average molecular weight is 1360 g/mol. The predicted octanol–water partition coefficient (Wildman–Crippen LogP) is 12.0. The molecule has 10 aromatic rings. The molecular formula is C74H90N12O13. The highest BCUT2D eigenvalue weighted by Crippen LogP contribution is 2.50. The fraction of sp³-hybridized carbons (Fsp3) is 0.459. The second-order valence-electron chi connectivity index (χ2n) is 25.6. The third-order valence-corrected chi connectivity index (χ3v) is 19.5. The molecule has 16 rings (SSSR count). The van der Waals surface area contributed by atoms with Crippen molar-refractivity contribution in [3.8, 4) is 85.0 Å². The fourth-order valence-electron chi connectivity index (χ4n) is 14.7. The number of hydrogen-bond acceptors (Lipinski definition) is 22. The number of fused-ring (bicyclic) bond motifs is 8. The lowest BCUT2D eigenvalue weighted by Crippen LogP contribution is -2.49. The number of likely N-dealkylation sites (tertiary alicyclic amines) is 2. The largest absolute Gasteiger partial charge is 0.496 e. The molecule has 5 N–H and O–H groups in total. The first-order valence-electron chi connectivity index (χ1n) is 33.5. The van der Waals surface area contributed by atoms with Gasteiger partial charge in [0.1, 0.15) is 72.4 Å². The Balaban J connectivity index is 0.000000160. The molecule has 0 bridgehead atoms. The number of nitrogens with zero attached hydrogens (tertiary/aromatic N) is 8. The number of piperidine rings is 2. The minimum atomic E-state index is -0.152. The zero-order valence-electron chi connectivity index (χ0n) is 56.1. The normalized spacial score (nSPS) is 17.1. The van der Waals surface area contributed by atoms with Crippen LogP contribution in [-0.2, 0) is 14.3 Å². The minimum absolute atomic E-state index is 0. The highest BCUT2D eigenvalue weighted by atomic mass is 16.6. The summed E-state index contributed by atoms with van der Waals surface area (Å²) in [6.45, 7) is 21.0. The van der Waals surface area contributed by atoms with E-state index in [9.17, 15) is 9.59 Å². The molecule has 1 amide bonds. The Morgan fingerprint density at radius 2 is 0.990 bits per heavy atom. The van der Waals surface area contributed by atoms with Gasteiger partial charge in [0, 0.05) is 108 Å². The first kappa shape index (κ1) is 69.5. The van der Waals surface area contributed by atoms with Gasteiger partial charge in [-0.25, -0.2) is 19.9 Å². The molecule has 99 heavy (non-hydrogen) atoms. The molecule has 6 aliphatic heterocycles. The average Bonchev–Trinajstić information content (AvgIpc) is 1.54. The quantitative estimate of drug-likeness (QED) is 0.0826. The molecule has 6 aromatic heterocycles. The first-order chi connectivity index (χ1) is 47.2. The van der Waals surface area contributed by atoms with Gasteiger partial charge in [-0.15, -0.1) is 0 Å². The van der Waals surface area contributed by atoms with Gasteiger partial charge in [-0.05, 0) is 155 Å². The van der Waals surface area contributed by atoms with Crippen LogP contribution in [0.3, 0.4) is 0 Å². The number of methoxy groups -OCH3 is 2. The lowest BCUT2D eigenvalue weighted by atomic mass is 9.98. The lowest BCUT2D eigenvalue weighted by Gasteiger charge is -2.39. The molecule has 0 aliphatic carbocycles. The second-order valence-corrected chi connectivity index (χ2v) is 25.6. The lowest BCUT2D eigenvalue weighted by molar-refractivity contribution is -0.120. The first-order valence-corrected chi connectivity index (χ1v) is 33.5. The molecule has 4 fully saturated rings. The Morgan fingerprint density at radius 3 is 1.44 bits per heavy atom. The number of H-pyrrole nitrogens is 2. The molecule has 524 valence electrons. The molecular weight excluding hydrogens is 1260 g/mol. The minimum Gasteiger partial charge on any atom is -0.496 e. The summed E-state index contributed by atoms with van der Waals surface area (Å²) in [5.74, 6) is 5.87. The number of nitrogens with two attached hydrogens (primary N) is 1. The number of aryl methyl sites for hydroxylation is 6. The smallest absolute Gasteiger partial charge is 0.298 e. The number of benzene rings is 4. The maximum atomic E-state index is 13.7. The van der Waals surface area contributed by atoms with Crippen LogP contribution < -0.4 is 44.2 Å². The predicted molar refractivity (Wildman–Crippen MR) is 377 cm³/mol. The van der Waals surface area contributed by atoms with Gasteiger partial charge in [0.25, 0.3) is 12.4 Å². The highest BCUT2D eigenvalue weighted by molar-refractivity contribution is 6.16. The molecule has 25 heteroatoms. The van der Waals surface area contributed by atoms with Crippen molar-refractivity contribution in [1.82, 2.24) is 55.3 Å². The summed E-state index contributed by atoms with van der Waals surface area (Å²) in [6.07, 6.45) is 8.79. The summed E-state index contributed by atoms with van der Waals surface area (Å²) in [5, 5.41) is 14.9. The van der Waals surface area contributed by atoms with Crippen molar-refractivity contribution in [2.24, 2.45) is 5.73 Å².